The highest BCUT2D eigenvalue weighted by Gasteiger charge is 2.07. The van der Waals surface area contributed by atoms with Gasteiger partial charge in [-0.1, -0.05) is 0 Å². The van der Waals surface area contributed by atoms with E-state index in [1.165, 1.54) is 0 Å². The Morgan fingerprint density at radius 2 is 1.92 bits per heavy atom. The Balaban J connectivity index is 1.93. The van der Waals surface area contributed by atoms with E-state index in [1.54, 1.807) is 19.4 Å². The van der Waals surface area contributed by atoms with Gasteiger partial charge in [-0.3, -0.25) is 9.78 Å². The highest BCUT2D eigenvalue weighted by atomic mass is 16.5. The number of ether oxygens (including phenoxy) is 1. The quantitative estimate of drug-likeness (QED) is 0.729. The van der Waals surface area contributed by atoms with Gasteiger partial charge in [0.1, 0.15) is 11.4 Å². The Hall–Kier alpha value is -2.60. The number of aromatic nitrogens is 1. The lowest BCUT2D eigenvalue weighted by atomic mass is 10.2. The van der Waals surface area contributed by atoms with Gasteiger partial charge in [0.05, 0.1) is 7.11 Å². The van der Waals surface area contributed by atoms with Crippen molar-refractivity contribution in [1.29, 1.82) is 0 Å². The number of benzene rings is 1. The smallest absolute Gasteiger partial charge is 0.269 e. The minimum absolute atomic E-state index is 0.160. The van der Waals surface area contributed by atoms with Gasteiger partial charge in [-0.2, -0.15) is 0 Å². The maximum absolute atomic E-state index is 12.1. The zero-order valence-electron chi connectivity index (χ0n) is 14.4. The van der Waals surface area contributed by atoms with Gasteiger partial charge in [0, 0.05) is 24.1 Å². The van der Waals surface area contributed by atoms with Gasteiger partial charge in [0.15, 0.2) is 0 Å². The van der Waals surface area contributed by atoms with Crippen molar-refractivity contribution in [2.45, 2.75) is 6.42 Å². The van der Waals surface area contributed by atoms with Crippen molar-refractivity contribution in [3.05, 3.63) is 48.3 Å². The molecule has 1 amide bonds. The molecule has 128 valence electrons. The van der Waals surface area contributed by atoms with Crippen molar-refractivity contribution in [2.24, 2.45) is 0 Å². The van der Waals surface area contributed by atoms with Crippen LogP contribution < -0.4 is 15.4 Å². The average Bonchev–Trinajstić information content (AvgIpc) is 2.59. The molecular weight excluding hydrogens is 304 g/mol. The Morgan fingerprint density at radius 3 is 2.58 bits per heavy atom. The van der Waals surface area contributed by atoms with E-state index in [0.29, 0.717) is 12.2 Å². The maximum Gasteiger partial charge on any atom is 0.269 e. The molecule has 2 aromatic rings. The van der Waals surface area contributed by atoms with Crippen LogP contribution in [0.25, 0.3) is 0 Å². The molecule has 0 aliphatic carbocycles. The molecular formula is C18H24N4O2. The first-order valence-electron chi connectivity index (χ1n) is 7.88. The molecule has 2 rings (SSSR count). The van der Waals surface area contributed by atoms with Gasteiger partial charge >= 0.3 is 0 Å². The first kappa shape index (κ1) is 17.7. The number of hydrogen-bond donors (Lipinski definition) is 2. The molecule has 0 radical (unpaired) electrons. The van der Waals surface area contributed by atoms with E-state index < -0.39 is 0 Å². The van der Waals surface area contributed by atoms with Gasteiger partial charge in [0.2, 0.25) is 0 Å². The molecule has 0 aliphatic heterocycles. The second kappa shape index (κ2) is 8.88. The van der Waals surface area contributed by atoms with Crippen LogP contribution in [-0.4, -0.2) is 50.1 Å². The third-order valence-corrected chi connectivity index (χ3v) is 3.44. The van der Waals surface area contributed by atoms with Crippen LogP contribution in [0.1, 0.15) is 16.9 Å². The summed E-state index contributed by atoms with van der Waals surface area (Å²) in [7, 11) is 5.66. The largest absolute Gasteiger partial charge is 0.497 e. The molecule has 0 bridgehead atoms. The van der Waals surface area contributed by atoms with E-state index in [1.807, 2.05) is 44.4 Å². The van der Waals surface area contributed by atoms with Gasteiger partial charge in [-0.05, 0) is 63.5 Å². The summed E-state index contributed by atoms with van der Waals surface area (Å²) in [5.74, 6) is 0.639. The van der Waals surface area contributed by atoms with Crippen LogP contribution in [0.15, 0.2) is 42.6 Å². The third kappa shape index (κ3) is 5.55. The standard InChI is InChI=1S/C18H24N4O2/c1-22(2)12-4-10-20-18(23)17-13-15(9-11-19-17)21-14-5-7-16(24-3)8-6-14/h5-9,11,13H,4,10,12H2,1-3H3,(H,19,21)(H,20,23). The first-order chi connectivity index (χ1) is 11.6. The minimum Gasteiger partial charge on any atom is -0.497 e. The van der Waals surface area contributed by atoms with Crippen molar-refractivity contribution in [3.63, 3.8) is 0 Å². The van der Waals surface area contributed by atoms with Crippen LogP contribution in [0.5, 0.6) is 5.75 Å². The minimum atomic E-state index is -0.160. The second-order valence-corrected chi connectivity index (χ2v) is 5.70. The number of methoxy groups -OCH3 is 1. The first-order valence-corrected chi connectivity index (χ1v) is 7.88. The summed E-state index contributed by atoms with van der Waals surface area (Å²) < 4.78 is 5.14. The molecule has 0 aliphatic rings. The fraction of sp³-hybridized carbons (Fsp3) is 0.333. The molecule has 1 heterocycles. The fourth-order valence-electron chi connectivity index (χ4n) is 2.16. The summed E-state index contributed by atoms with van der Waals surface area (Å²) in [6.45, 7) is 1.57. The van der Waals surface area contributed by atoms with Gasteiger partial charge in [-0.15, -0.1) is 0 Å². The molecule has 1 aromatic heterocycles. The summed E-state index contributed by atoms with van der Waals surface area (Å²) in [6, 6.07) is 11.2. The summed E-state index contributed by atoms with van der Waals surface area (Å²) in [5.41, 5.74) is 2.13. The number of nitrogens with one attached hydrogen (secondary N) is 2. The highest BCUT2D eigenvalue weighted by molar-refractivity contribution is 5.93. The van der Waals surface area contributed by atoms with E-state index in [0.717, 1.165) is 30.1 Å². The van der Waals surface area contributed by atoms with Crippen molar-refractivity contribution >= 4 is 17.3 Å². The topological polar surface area (TPSA) is 66.5 Å². The molecule has 0 unspecified atom stereocenters. The number of pyridine rings is 1. The van der Waals surface area contributed by atoms with E-state index in [9.17, 15) is 4.79 Å². The SMILES string of the molecule is COc1ccc(Nc2ccnc(C(=O)NCCCN(C)C)c2)cc1. The van der Waals surface area contributed by atoms with Crippen molar-refractivity contribution in [1.82, 2.24) is 15.2 Å². The number of carbonyl (C=O) groups is 1. The summed E-state index contributed by atoms with van der Waals surface area (Å²) >= 11 is 0. The van der Waals surface area contributed by atoms with Crippen LogP contribution in [0, 0.1) is 0 Å². The van der Waals surface area contributed by atoms with E-state index >= 15 is 0 Å². The Labute approximate surface area is 142 Å². The van der Waals surface area contributed by atoms with Crippen LogP contribution in [0.2, 0.25) is 0 Å². The lowest BCUT2D eigenvalue weighted by molar-refractivity contribution is 0.0947. The molecule has 0 saturated heterocycles. The molecule has 0 spiro atoms. The molecule has 6 heteroatoms. The van der Waals surface area contributed by atoms with Crippen LogP contribution in [0.3, 0.4) is 0 Å². The lowest BCUT2D eigenvalue weighted by Crippen LogP contribution is -2.27. The van der Waals surface area contributed by atoms with E-state index in [4.69, 9.17) is 4.74 Å². The predicted octanol–water partition coefficient (Wildman–Crippen LogP) is 2.52. The number of amides is 1. The monoisotopic (exact) mass is 328 g/mol. The number of carbonyl (C=O) groups excluding carboxylic acids is 1. The maximum atomic E-state index is 12.1. The predicted molar refractivity (Wildman–Crippen MR) is 96.0 cm³/mol. The summed E-state index contributed by atoms with van der Waals surface area (Å²) in [4.78, 5) is 18.4. The van der Waals surface area contributed by atoms with Gasteiger partial charge < -0.3 is 20.3 Å². The van der Waals surface area contributed by atoms with Crippen LogP contribution in [0.4, 0.5) is 11.4 Å². The zero-order valence-corrected chi connectivity index (χ0v) is 14.4. The Morgan fingerprint density at radius 1 is 1.17 bits per heavy atom. The van der Waals surface area contributed by atoms with E-state index in [2.05, 4.69) is 20.5 Å². The molecule has 6 nitrogen and oxygen atoms in total. The van der Waals surface area contributed by atoms with Crippen molar-refractivity contribution in [2.75, 3.05) is 39.6 Å². The molecule has 0 saturated carbocycles. The number of rotatable bonds is 8. The average molecular weight is 328 g/mol. The zero-order chi connectivity index (χ0) is 17.4. The van der Waals surface area contributed by atoms with Crippen molar-refractivity contribution in [3.8, 4) is 5.75 Å². The number of anilines is 2. The summed E-state index contributed by atoms with van der Waals surface area (Å²) in [5, 5.41) is 6.14. The summed E-state index contributed by atoms with van der Waals surface area (Å²) in [6.07, 6.45) is 2.53. The normalized spacial score (nSPS) is 10.5. The van der Waals surface area contributed by atoms with E-state index in [-0.39, 0.29) is 5.91 Å². The Bertz CT molecular complexity index is 656. The molecule has 1 aromatic carbocycles. The second-order valence-electron chi connectivity index (χ2n) is 5.70. The number of hydrogen-bond acceptors (Lipinski definition) is 5. The van der Waals surface area contributed by atoms with Crippen LogP contribution >= 0.6 is 0 Å². The van der Waals surface area contributed by atoms with Crippen LogP contribution in [-0.2, 0) is 0 Å². The molecule has 0 fully saturated rings. The molecule has 24 heavy (non-hydrogen) atoms. The third-order valence-electron chi connectivity index (χ3n) is 3.44. The highest BCUT2D eigenvalue weighted by Crippen LogP contribution is 2.20. The number of nitrogens with zero attached hydrogens (tertiary/aromatic N) is 2. The molecule has 0 atom stereocenters. The Kier molecular flexibility index (Phi) is 6.57. The van der Waals surface area contributed by atoms with Gasteiger partial charge in [-0.25, -0.2) is 0 Å². The van der Waals surface area contributed by atoms with Gasteiger partial charge in [0.25, 0.3) is 5.91 Å². The fourth-order valence-corrected chi connectivity index (χ4v) is 2.16. The lowest BCUT2D eigenvalue weighted by Gasteiger charge is -2.11. The van der Waals surface area contributed by atoms with Crippen molar-refractivity contribution < 1.29 is 9.53 Å². The molecule has 2 N–H and O–H groups in total.